The Labute approximate surface area is 154 Å². The molecule has 5 nitrogen and oxygen atoms in total. The van der Waals surface area contributed by atoms with Gasteiger partial charge in [0.05, 0.1) is 26.4 Å². The summed E-state index contributed by atoms with van der Waals surface area (Å²) in [6, 6.07) is 17.6. The summed E-state index contributed by atoms with van der Waals surface area (Å²) in [7, 11) is 1.62. The van der Waals surface area contributed by atoms with Gasteiger partial charge in [0, 0.05) is 24.7 Å². The Hall–Kier alpha value is -2.37. The molecular formula is C21H26N2O3. The molecule has 1 aliphatic heterocycles. The summed E-state index contributed by atoms with van der Waals surface area (Å²) in [6.45, 7) is 5.24. The number of nitrogens with zero attached hydrogens (tertiary/aromatic N) is 1. The molecule has 1 N–H and O–H groups in total. The number of carbonyl (C=O) groups is 1. The maximum absolute atomic E-state index is 12.7. The predicted molar refractivity (Wildman–Crippen MR) is 101 cm³/mol. The van der Waals surface area contributed by atoms with Crippen LogP contribution in [0.3, 0.4) is 0 Å². The molecule has 0 unspecified atom stereocenters. The molecule has 0 saturated carbocycles. The Balaban J connectivity index is 1.75. The summed E-state index contributed by atoms with van der Waals surface area (Å²) in [6.07, 6.45) is 0. The Morgan fingerprint density at radius 1 is 1.08 bits per heavy atom. The van der Waals surface area contributed by atoms with Crippen LogP contribution in [0.25, 0.3) is 0 Å². The third kappa shape index (κ3) is 4.42. The van der Waals surface area contributed by atoms with Gasteiger partial charge in [0.2, 0.25) is 0 Å². The number of methoxy groups -OCH3 is 1. The molecule has 2 atom stereocenters. The van der Waals surface area contributed by atoms with Gasteiger partial charge in [-0.2, -0.15) is 0 Å². The van der Waals surface area contributed by atoms with Crippen LogP contribution in [-0.2, 0) is 4.74 Å². The maximum atomic E-state index is 12.7. The van der Waals surface area contributed by atoms with Crippen molar-refractivity contribution < 1.29 is 14.3 Å². The third-order valence-corrected chi connectivity index (χ3v) is 4.76. The van der Waals surface area contributed by atoms with Crippen molar-refractivity contribution in [3.05, 3.63) is 65.7 Å². The molecule has 5 heteroatoms. The second-order valence-electron chi connectivity index (χ2n) is 6.49. The molecule has 2 aromatic carbocycles. The van der Waals surface area contributed by atoms with Crippen molar-refractivity contribution in [2.45, 2.75) is 19.0 Å². The van der Waals surface area contributed by atoms with Gasteiger partial charge >= 0.3 is 0 Å². The molecule has 0 bridgehead atoms. The van der Waals surface area contributed by atoms with Crippen molar-refractivity contribution >= 4 is 5.91 Å². The number of morpholine rings is 1. The number of ether oxygens (including phenoxy) is 2. The number of carbonyl (C=O) groups excluding carboxylic acids is 1. The van der Waals surface area contributed by atoms with Gasteiger partial charge in [-0.15, -0.1) is 0 Å². The van der Waals surface area contributed by atoms with Crippen LogP contribution in [-0.4, -0.2) is 50.3 Å². The molecule has 1 amide bonds. The minimum atomic E-state index is -0.0747. The number of benzene rings is 2. The fourth-order valence-electron chi connectivity index (χ4n) is 3.43. The summed E-state index contributed by atoms with van der Waals surface area (Å²) < 4.78 is 10.7. The molecule has 0 radical (unpaired) electrons. The lowest BCUT2D eigenvalue weighted by molar-refractivity contribution is 0.00888. The minimum Gasteiger partial charge on any atom is -0.497 e. The first-order valence-electron chi connectivity index (χ1n) is 9.00. The van der Waals surface area contributed by atoms with Gasteiger partial charge in [-0.25, -0.2) is 0 Å². The van der Waals surface area contributed by atoms with Crippen molar-refractivity contribution in [1.29, 1.82) is 0 Å². The van der Waals surface area contributed by atoms with E-state index in [1.165, 1.54) is 5.56 Å². The molecule has 2 aromatic rings. The molecular weight excluding hydrogens is 328 g/mol. The Morgan fingerprint density at radius 3 is 2.35 bits per heavy atom. The van der Waals surface area contributed by atoms with E-state index in [0.717, 1.165) is 32.1 Å². The highest BCUT2D eigenvalue weighted by molar-refractivity contribution is 5.94. The van der Waals surface area contributed by atoms with Crippen LogP contribution in [0, 0.1) is 0 Å². The van der Waals surface area contributed by atoms with Gasteiger partial charge in [0.1, 0.15) is 5.75 Å². The highest BCUT2D eigenvalue weighted by atomic mass is 16.5. The van der Waals surface area contributed by atoms with Crippen molar-refractivity contribution in [2.24, 2.45) is 0 Å². The number of nitrogens with one attached hydrogen (secondary N) is 1. The van der Waals surface area contributed by atoms with Crippen LogP contribution in [0.5, 0.6) is 5.75 Å². The second kappa shape index (κ2) is 8.83. The lowest BCUT2D eigenvalue weighted by Gasteiger charge is -2.38. The fourth-order valence-corrected chi connectivity index (χ4v) is 3.43. The van der Waals surface area contributed by atoms with Crippen LogP contribution in [0.15, 0.2) is 54.6 Å². The standard InChI is InChI=1S/C21H26N2O3/c1-16(22-21(24)18-8-10-19(25-2)11-9-18)20(17-6-4-3-5-7-17)23-12-14-26-15-13-23/h3-11,16,20H,12-15H2,1-2H3,(H,22,24)/t16-,20-/m0/s1. The summed E-state index contributed by atoms with van der Waals surface area (Å²) in [4.78, 5) is 15.1. The van der Waals surface area contributed by atoms with E-state index >= 15 is 0 Å². The molecule has 0 aliphatic carbocycles. The second-order valence-corrected chi connectivity index (χ2v) is 6.49. The van der Waals surface area contributed by atoms with Crippen molar-refractivity contribution in [3.8, 4) is 5.75 Å². The zero-order valence-corrected chi connectivity index (χ0v) is 15.4. The van der Waals surface area contributed by atoms with E-state index in [4.69, 9.17) is 9.47 Å². The number of hydrogen-bond acceptors (Lipinski definition) is 4. The molecule has 1 heterocycles. The summed E-state index contributed by atoms with van der Waals surface area (Å²) >= 11 is 0. The smallest absolute Gasteiger partial charge is 0.251 e. The summed E-state index contributed by atoms with van der Waals surface area (Å²) in [5.41, 5.74) is 1.84. The van der Waals surface area contributed by atoms with Crippen LogP contribution in [0.1, 0.15) is 28.9 Å². The predicted octanol–water partition coefficient (Wildman–Crippen LogP) is 2.89. The SMILES string of the molecule is COc1ccc(C(=O)N[C@@H](C)[C@@H](c2ccccc2)N2CCOCC2)cc1. The van der Waals surface area contributed by atoms with Gasteiger partial charge in [0.25, 0.3) is 5.91 Å². The van der Waals surface area contributed by atoms with Crippen LogP contribution in [0.4, 0.5) is 0 Å². The van der Waals surface area contributed by atoms with E-state index in [9.17, 15) is 4.79 Å². The largest absolute Gasteiger partial charge is 0.497 e. The van der Waals surface area contributed by atoms with E-state index in [2.05, 4.69) is 29.3 Å². The molecule has 0 spiro atoms. The topological polar surface area (TPSA) is 50.8 Å². The highest BCUT2D eigenvalue weighted by Gasteiger charge is 2.28. The number of rotatable bonds is 6. The van der Waals surface area contributed by atoms with Gasteiger partial charge in [-0.3, -0.25) is 9.69 Å². The highest BCUT2D eigenvalue weighted by Crippen LogP contribution is 2.25. The number of amides is 1. The molecule has 1 aliphatic rings. The Morgan fingerprint density at radius 2 is 1.73 bits per heavy atom. The van der Waals surface area contributed by atoms with Crippen LogP contribution in [0.2, 0.25) is 0 Å². The van der Waals surface area contributed by atoms with Crippen molar-refractivity contribution in [2.75, 3.05) is 33.4 Å². The number of hydrogen-bond donors (Lipinski definition) is 1. The summed E-state index contributed by atoms with van der Waals surface area (Å²) in [5, 5.41) is 3.17. The monoisotopic (exact) mass is 354 g/mol. The average Bonchev–Trinajstić information content (AvgIpc) is 2.70. The first-order chi connectivity index (χ1) is 12.7. The minimum absolute atomic E-state index is 0.0369. The Bertz CT molecular complexity index is 697. The fraction of sp³-hybridized carbons (Fsp3) is 0.381. The lowest BCUT2D eigenvalue weighted by Crippen LogP contribution is -2.48. The average molecular weight is 354 g/mol. The van der Waals surface area contributed by atoms with E-state index in [0.29, 0.717) is 5.56 Å². The van der Waals surface area contributed by atoms with Gasteiger partial charge in [-0.05, 0) is 36.8 Å². The zero-order valence-electron chi connectivity index (χ0n) is 15.4. The van der Waals surface area contributed by atoms with Crippen molar-refractivity contribution in [3.63, 3.8) is 0 Å². The van der Waals surface area contributed by atoms with Crippen LogP contribution >= 0.6 is 0 Å². The van der Waals surface area contributed by atoms with Gasteiger partial charge in [-0.1, -0.05) is 30.3 Å². The molecule has 1 fully saturated rings. The lowest BCUT2D eigenvalue weighted by atomic mass is 9.97. The van der Waals surface area contributed by atoms with E-state index in [1.807, 2.05) is 18.2 Å². The summed E-state index contributed by atoms with van der Waals surface area (Å²) in [5.74, 6) is 0.666. The van der Waals surface area contributed by atoms with Gasteiger partial charge in [0.15, 0.2) is 0 Å². The van der Waals surface area contributed by atoms with Crippen molar-refractivity contribution in [1.82, 2.24) is 10.2 Å². The molecule has 26 heavy (non-hydrogen) atoms. The molecule has 0 aromatic heterocycles. The molecule has 3 rings (SSSR count). The van der Waals surface area contributed by atoms with E-state index < -0.39 is 0 Å². The quantitative estimate of drug-likeness (QED) is 0.867. The normalized spacial score (nSPS) is 17.3. The Kier molecular flexibility index (Phi) is 6.26. The first kappa shape index (κ1) is 18.4. The van der Waals surface area contributed by atoms with Crippen LogP contribution < -0.4 is 10.1 Å². The third-order valence-electron chi connectivity index (χ3n) is 4.76. The molecule has 1 saturated heterocycles. The van der Waals surface area contributed by atoms with E-state index in [1.54, 1.807) is 31.4 Å². The zero-order chi connectivity index (χ0) is 18.4. The van der Waals surface area contributed by atoms with E-state index in [-0.39, 0.29) is 18.0 Å². The first-order valence-corrected chi connectivity index (χ1v) is 9.00. The molecule has 138 valence electrons. The maximum Gasteiger partial charge on any atom is 0.251 e. The van der Waals surface area contributed by atoms with Gasteiger partial charge < -0.3 is 14.8 Å².